The third-order valence-corrected chi connectivity index (χ3v) is 3.89. The third-order valence-electron chi connectivity index (χ3n) is 3.89. The lowest BCUT2D eigenvalue weighted by molar-refractivity contribution is -0.147. The number of carbonyl (C=O) groups is 3. The van der Waals surface area contributed by atoms with Crippen molar-refractivity contribution in [1.29, 1.82) is 0 Å². The topological polar surface area (TPSA) is 95.5 Å². The quantitative estimate of drug-likeness (QED) is 0.796. The second-order valence-corrected chi connectivity index (χ2v) is 5.58. The van der Waals surface area contributed by atoms with Crippen molar-refractivity contribution in [1.82, 2.24) is 0 Å². The van der Waals surface area contributed by atoms with Gasteiger partial charge in [-0.2, -0.15) is 0 Å². The van der Waals surface area contributed by atoms with Crippen molar-refractivity contribution in [3.8, 4) is 0 Å². The molecule has 0 bridgehead atoms. The van der Waals surface area contributed by atoms with Crippen LogP contribution in [0.1, 0.15) is 32.6 Å². The average Bonchev–Trinajstić information content (AvgIpc) is 2.48. The predicted octanol–water partition coefficient (Wildman–Crippen LogP) is 2.47. The highest BCUT2D eigenvalue weighted by Crippen LogP contribution is 2.31. The Kier molecular flexibility index (Phi) is 5.14. The van der Waals surface area contributed by atoms with Crippen molar-refractivity contribution in [2.24, 2.45) is 11.8 Å². The summed E-state index contributed by atoms with van der Waals surface area (Å²) in [4.78, 5) is 34.5. The van der Waals surface area contributed by atoms with Crippen LogP contribution in [0.4, 0.5) is 11.4 Å². The fourth-order valence-corrected chi connectivity index (χ4v) is 2.82. The molecule has 0 heterocycles. The van der Waals surface area contributed by atoms with Crippen molar-refractivity contribution in [3.05, 3.63) is 24.3 Å². The van der Waals surface area contributed by atoms with Crippen molar-refractivity contribution < 1.29 is 19.5 Å². The lowest BCUT2D eigenvalue weighted by Crippen LogP contribution is -2.36. The molecule has 3 N–H and O–H groups in total. The number of carbonyl (C=O) groups excluding carboxylic acids is 2. The van der Waals surface area contributed by atoms with E-state index in [1.807, 2.05) is 0 Å². The number of nitrogens with one attached hydrogen (secondary N) is 2. The first-order valence-corrected chi connectivity index (χ1v) is 7.38. The number of aliphatic carboxylic acids is 1. The van der Waals surface area contributed by atoms with E-state index in [0.717, 1.165) is 12.8 Å². The van der Waals surface area contributed by atoms with Gasteiger partial charge >= 0.3 is 5.97 Å². The first kappa shape index (κ1) is 16.0. The molecule has 0 aliphatic heterocycles. The van der Waals surface area contributed by atoms with Gasteiger partial charge in [-0.1, -0.05) is 12.8 Å². The molecule has 1 saturated carbocycles. The fraction of sp³-hybridized carbons (Fsp3) is 0.438. The highest BCUT2D eigenvalue weighted by molar-refractivity contribution is 5.95. The Morgan fingerprint density at radius 1 is 0.955 bits per heavy atom. The fourth-order valence-electron chi connectivity index (χ4n) is 2.82. The maximum Gasteiger partial charge on any atom is 0.307 e. The van der Waals surface area contributed by atoms with Crippen LogP contribution in [0.2, 0.25) is 0 Å². The Morgan fingerprint density at radius 3 is 1.95 bits per heavy atom. The molecule has 0 aromatic heterocycles. The zero-order valence-electron chi connectivity index (χ0n) is 12.5. The number of benzene rings is 1. The summed E-state index contributed by atoms with van der Waals surface area (Å²) in [5.41, 5.74) is 1.24. The van der Waals surface area contributed by atoms with Crippen LogP contribution in [0.25, 0.3) is 0 Å². The Balaban J connectivity index is 2.01. The molecule has 6 nitrogen and oxygen atoms in total. The predicted molar refractivity (Wildman–Crippen MR) is 82.5 cm³/mol. The zero-order valence-corrected chi connectivity index (χ0v) is 12.5. The second kappa shape index (κ2) is 7.06. The summed E-state index contributed by atoms with van der Waals surface area (Å²) < 4.78 is 0. The van der Waals surface area contributed by atoms with Crippen LogP contribution < -0.4 is 10.6 Å². The molecule has 1 aliphatic rings. The van der Waals surface area contributed by atoms with E-state index >= 15 is 0 Å². The number of carboxylic acids is 1. The van der Waals surface area contributed by atoms with E-state index in [4.69, 9.17) is 0 Å². The molecule has 0 spiro atoms. The van der Waals surface area contributed by atoms with E-state index in [2.05, 4.69) is 10.6 Å². The minimum Gasteiger partial charge on any atom is -0.481 e. The number of hydrogen-bond donors (Lipinski definition) is 3. The van der Waals surface area contributed by atoms with Crippen LogP contribution in [0.5, 0.6) is 0 Å². The Labute approximate surface area is 128 Å². The number of carboxylic acid groups (broad SMARTS) is 1. The zero-order chi connectivity index (χ0) is 16.1. The van der Waals surface area contributed by atoms with Crippen LogP contribution in [-0.4, -0.2) is 22.9 Å². The van der Waals surface area contributed by atoms with Gasteiger partial charge in [0.15, 0.2) is 0 Å². The molecule has 0 saturated heterocycles. The average molecular weight is 304 g/mol. The lowest BCUT2D eigenvalue weighted by Gasteiger charge is -2.27. The standard InChI is InChI=1S/C16H20N2O4/c1-10(19)17-11-6-8-12(9-7-11)18-15(20)13-4-2-3-5-14(13)16(21)22/h6-9,13-14H,2-5H2,1H3,(H,17,19)(H,18,20)(H,21,22)/t13-,14-/m1/s1. The molecule has 2 rings (SSSR count). The van der Waals surface area contributed by atoms with Crippen molar-refractivity contribution >= 4 is 29.2 Å². The van der Waals surface area contributed by atoms with Crippen LogP contribution >= 0.6 is 0 Å². The highest BCUT2D eigenvalue weighted by atomic mass is 16.4. The van der Waals surface area contributed by atoms with Crippen LogP contribution in [0.3, 0.4) is 0 Å². The molecular formula is C16H20N2O4. The minimum absolute atomic E-state index is 0.164. The molecular weight excluding hydrogens is 284 g/mol. The van der Waals surface area contributed by atoms with Gasteiger partial charge in [0.2, 0.25) is 11.8 Å². The third kappa shape index (κ3) is 4.07. The molecule has 118 valence electrons. The summed E-state index contributed by atoms with van der Waals surface area (Å²) in [5.74, 6) is -2.41. The molecule has 0 unspecified atom stereocenters. The van der Waals surface area contributed by atoms with Crippen molar-refractivity contribution in [3.63, 3.8) is 0 Å². The first-order chi connectivity index (χ1) is 10.5. The Bertz CT molecular complexity index is 568. The van der Waals surface area contributed by atoms with Gasteiger partial charge in [0.25, 0.3) is 0 Å². The summed E-state index contributed by atoms with van der Waals surface area (Å²) in [6, 6.07) is 6.74. The highest BCUT2D eigenvalue weighted by Gasteiger charge is 2.35. The van der Waals surface area contributed by atoms with Crippen molar-refractivity contribution in [2.75, 3.05) is 10.6 Å². The molecule has 22 heavy (non-hydrogen) atoms. The van der Waals surface area contributed by atoms with E-state index in [0.29, 0.717) is 24.2 Å². The molecule has 1 aliphatic carbocycles. The monoisotopic (exact) mass is 304 g/mol. The largest absolute Gasteiger partial charge is 0.481 e. The van der Waals surface area contributed by atoms with Crippen molar-refractivity contribution in [2.45, 2.75) is 32.6 Å². The summed E-state index contributed by atoms with van der Waals surface area (Å²) in [6.07, 6.45) is 2.89. The molecule has 2 amide bonds. The van der Waals surface area contributed by atoms with Gasteiger partial charge in [0.05, 0.1) is 11.8 Å². The van der Waals surface area contributed by atoms with E-state index in [1.54, 1.807) is 24.3 Å². The number of amides is 2. The molecule has 2 atom stereocenters. The summed E-state index contributed by atoms with van der Waals surface area (Å²) >= 11 is 0. The van der Waals surface area contributed by atoms with Crippen LogP contribution in [0, 0.1) is 11.8 Å². The van der Waals surface area contributed by atoms with E-state index in [9.17, 15) is 19.5 Å². The smallest absolute Gasteiger partial charge is 0.307 e. The summed E-state index contributed by atoms with van der Waals surface area (Å²) in [7, 11) is 0. The van der Waals surface area contributed by atoms with Crippen LogP contribution in [0.15, 0.2) is 24.3 Å². The lowest BCUT2D eigenvalue weighted by atomic mass is 9.78. The number of anilines is 2. The van der Waals surface area contributed by atoms with Gasteiger partial charge in [-0.3, -0.25) is 14.4 Å². The summed E-state index contributed by atoms with van der Waals surface area (Å²) in [6.45, 7) is 1.42. The maximum absolute atomic E-state index is 12.3. The molecule has 0 radical (unpaired) electrons. The van der Waals surface area contributed by atoms with E-state index in [1.165, 1.54) is 6.92 Å². The normalized spacial score (nSPS) is 21.0. The molecule has 6 heteroatoms. The minimum atomic E-state index is -0.902. The Hall–Kier alpha value is -2.37. The first-order valence-electron chi connectivity index (χ1n) is 7.38. The summed E-state index contributed by atoms with van der Waals surface area (Å²) in [5, 5.41) is 14.6. The molecule has 1 aromatic carbocycles. The number of rotatable bonds is 4. The van der Waals surface area contributed by atoms with Gasteiger partial charge < -0.3 is 15.7 Å². The maximum atomic E-state index is 12.3. The molecule has 1 aromatic rings. The van der Waals surface area contributed by atoms with Crippen LogP contribution in [-0.2, 0) is 14.4 Å². The van der Waals surface area contributed by atoms with Gasteiger partial charge in [-0.25, -0.2) is 0 Å². The second-order valence-electron chi connectivity index (χ2n) is 5.58. The van der Waals surface area contributed by atoms with Gasteiger partial charge in [-0.05, 0) is 37.1 Å². The Morgan fingerprint density at radius 2 is 1.45 bits per heavy atom. The SMILES string of the molecule is CC(=O)Nc1ccc(NC(=O)[C@@H]2CCCC[C@H]2C(=O)O)cc1. The number of hydrogen-bond acceptors (Lipinski definition) is 3. The van der Waals surface area contributed by atoms with Gasteiger partial charge in [-0.15, -0.1) is 0 Å². The van der Waals surface area contributed by atoms with E-state index in [-0.39, 0.29) is 11.8 Å². The van der Waals surface area contributed by atoms with Gasteiger partial charge in [0, 0.05) is 18.3 Å². The molecule has 1 fully saturated rings. The van der Waals surface area contributed by atoms with E-state index < -0.39 is 17.8 Å². The van der Waals surface area contributed by atoms with Gasteiger partial charge in [0.1, 0.15) is 0 Å².